The highest BCUT2D eigenvalue weighted by Crippen LogP contribution is 2.41. The third kappa shape index (κ3) is 4.49. The Morgan fingerprint density at radius 2 is 1.63 bits per heavy atom. The molecule has 0 amide bonds. The fourth-order valence-corrected chi connectivity index (χ4v) is 6.51. The second kappa shape index (κ2) is 9.56. The number of aromatic nitrogens is 1. The van der Waals surface area contributed by atoms with Crippen molar-refractivity contribution in [2.45, 2.75) is 13.0 Å². The molecule has 6 aromatic rings. The van der Waals surface area contributed by atoms with E-state index in [-0.39, 0.29) is 6.42 Å². The monoisotopic (exact) mass is 537 g/mol. The summed E-state index contributed by atoms with van der Waals surface area (Å²) in [7, 11) is 0. The van der Waals surface area contributed by atoms with E-state index in [4.69, 9.17) is 23.1 Å². The molecular formula is C31H24ClN3O2S. The molecule has 188 valence electrons. The van der Waals surface area contributed by atoms with E-state index in [2.05, 4.69) is 28.8 Å². The summed E-state index contributed by atoms with van der Waals surface area (Å²) >= 11 is 8.10. The summed E-state index contributed by atoms with van der Waals surface area (Å²) in [6, 6.07) is 27.8. The van der Waals surface area contributed by atoms with Crippen LogP contribution in [0.3, 0.4) is 0 Å². The van der Waals surface area contributed by atoms with E-state index in [0.717, 1.165) is 38.0 Å². The number of benzene rings is 4. The van der Waals surface area contributed by atoms with Crippen LogP contribution in [-0.2, 0) is 17.8 Å². The van der Waals surface area contributed by atoms with Gasteiger partial charge in [0.1, 0.15) is 0 Å². The maximum atomic E-state index is 11.7. The summed E-state index contributed by atoms with van der Waals surface area (Å²) < 4.78 is 3.34. The molecule has 0 aliphatic carbocycles. The minimum absolute atomic E-state index is 0.0559. The second-order valence-electron chi connectivity index (χ2n) is 9.39. The van der Waals surface area contributed by atoms with Gasteiger partial charge in [-0.1, -0.05) is 54.1 Å². The van der Waals surface area contributed by atoms with Gasteiger partial charge in [-0.3, -0.25) is 4.79 Å². The van der Waals surface area contributed by atoms with Crippen LogP contribution in [0.1, 0.15) is 11.1 Å². The predicted molar refractivity (Wildman–Crippen MR) is 159 cm³/mol. The van der Waals surface area contributed by atoms with Crippen LogP contribution in [-0.4, -0.2) is 15.6 Å². The molecule has 0 radical (unpaired) electrons. The van der Waals surface area contributed by atoms with Gasteiger partial charge >= 0.3 is 5.97 Å². The molecule has 4 aromatic carbocycles. The molecule has 2 aromatic heterocycles. The Labute approximate surface area is 228 Å². The number of anilines is 2. The Kier molecular flexibility index (Phi) is 6.06. The summed E-state index contributed by atoms with van der Waals surface area (Å²) in [5, 5.41) is 12.4. The number of carbonyl (C=O) groups is 1. The highest BCUT2D eigenvalue weighted by molar-refractivity contribution is 7.22. The van der Waals surface area contributed by atoms with Crippen molar-refractivity contribution in [2.75, 3.05) is 11.5 Å². The highest BCUT2D eigenvalue weighted by Gasteiger charge is 2.18. The summed E-state index contributed by atoms with van der Waals surface area (Å²) in [6.07, 6.45) is 1.91. The molecule has 0 saturated heterocycles. The summed E-state index contributed by atoms with van der Waals surface area (Å²) in [4.78, 5) is 12.8. The van der Waals surface area contributed by atoms with Crippen LogP contribution in [0, 0.1) is 0 Å². The zero-order chi connectivity index (χ0) is 26.4. The van der Waals surface area contributed by atoms with Crippen molar-refractivity contribution >= 4 is 61.3 Å². The minimum Gasteiger partial charge on any atom is -0.481 e. The number of carboxylic acids is 1. The molecule has 0 unspecified atom stereocenters. The lowest BCUT2D eigenvalue weighted by Crippen LogP contribution is -2.00. The molecular weight excluding hydrogens is 514 g/mol. The summed E-state index contributed by atoms with van der Waals surface area (Å²) in [5.41, 5.74) is 19.2. The molecule has 0 saturated carbocycles. The first-order valence-electron chi connectivity index (χ1n) is 12.1. The van der Waals surface area contributed by atoms with Crippen molar-refractivity contribution in [3.8, 4) is 21.6 Å². The summed E-state index contributed by atoms with van der Waals surface area (Å²) in [6.45, 7) is 0.574. The van der Waals surface area contributed by atoms with Gasteiger partial charge in [0.05, 0.1) is 6.42 Å². The Morgan fingerprint density at radius 3 is 2.39 bits per heavy atom. The quantitative estimate of drug-likeness (QED) is 0.190. The van der Waals surface area contributed by atoms with Crippen molar-refractivity contribution in [1.29, 1.82) is 0 Å². The molecule has 6 rings (SSSR count). The Hall–Kier alpha value is -4.26. The fourth-order valence-electron chi connectivity index (χ4n) is 5.11. The smallest absolute Gasteiger partial charge is 0.307 e. The Morgan fingerprint density at radius 1 is 0.842 bits per heavy atom. The van der Waals surface area contributed by atoms with E-state index in [0.29, 0.717) is 22.9 Å². The number of fused-ring (bicyclic) bond motifs is 2. The zero-order valence-corrected chi connectivity index (χ0v) is 21.9. The van der Waals surface area contributed by atoms with Gasteiger partial charge in [-0.2, -0.15) is 0 Å². The number of nitrogens with two attached hydrogens (primary N) is 2. The number of halogens is 1. The van der Waals surface area contributed by atoms with Crippen LogP contribution in [0.25, 0.3) is 42.6 Å². The average molecular weight is 538 g/mol. The third-order valence-corrected chi connectivity index (χ3v) is 8.23. The maximum Gasteiger partial charge on any atom is 0.307 e. The average Bonchev–Trinajstić information content (AvgIpc) is 3.41. The largest absolute Gasteiger partial charge is 0.481 e. The van der Waals surface area contributed by atoms with Crippen LogP contribution < -0.4 is 11.5 Å². The van der Waals surface area contributed by atoms with E-state index in [1.165, 1.54) is 15.6 Å². The normalized spacial score (nSPS) is 11.4. The van der Waals surface area contributed by atoms with E-state index >= 15 is 0 Å². The molecule has 38 heavy (non-hydrogen) atoms. The topological polar surface area (TPSA) is 94.3 Å². The Bertz CT molecular complexity index is 1830. The SMILES string of the molecule is Nc1cc(N)cc(-c2ccc3c(CC(=O)O)cn(Cc4c(-c5cccc(Cl)c5)sc5ccccc45)c3c2)c1. The van der Waals surface area contributed by atoms with Gasteiger partial charge in [-0.25, -0.2) is 0 Å². The van der Waals surface area contributed by atoms with Crippen LogP contribution in [0.4, 0.5) is 11.4 Å². The van der Waals surface area contributed by atoms with Crippen molar-refractivity contribution in [3.63, 3.8) is 0 Å². The number of rotatable bonds is 6. The van der Waals surface area contributed by atoms with Crippen molar-refractivity contribution in [1.82, 2.24) is 4.57 Å². The first kappa shape index (κ1) is 24.1. The van der Waals surface area contributed by atoms with E-state index in [1.54, 1.807) is 17.4 Å². The molecule has 2 heterocycles. The molecule has 0 spiro atoms. The zero-order valence-electron chi connectivity index (χ0n) is 20.3. The molecule has 5 nitrogen and oxygen atoms in total. The molecule has 7 heteroatoms. The predicted octanol–water partition coefficient (Wildman–Crippen LogP) is 7.68. The van der Waals surface area contributed by atoms with Crippen molar-refractivity contribution in [3.05, 3.63) is 107 Å². The Balaban J connectivity index is 1.55. The number of nitrogen functional groups attached to an aromatic ring is 2. The number of carboxylic acid groups (broad SMARTS) is 1. The molecule has 0 fully saturated rings. The standard InChI is InChI=1S/C31H24ClN3O2S/c32-22-5-3-4-19(10-22)31-27(26-6-1-2-7-29(26)38-31)17-35-16-21(14-30(36)37)25-9-8-18(13-28(25)35)20-11-23(33)15-24(34)12-20/h1-13,15-16H,14,17,33-34H2,(H,36,37). The van der Waals surface area contributed by atoms with E-state index < -0.39 is 5.97 Å². The van der Waals surface area contributed by atoms with E-state index in [9.17, 15) is 9.90 Å². The number of hydrogen-bond acceptors (Lipinski definition) is 4. The fraction of sp³-hybridized carbons (Fsp3) is 0.0645. The second-order valence-corrected chi connectivity index (χ2v) is 10.9. The van der Waals surface area contributed by atoms with E-state index in [1.807, 2.05) is 60.8 Å². The lowest BCUT2D eigenvalue weighted by Gasteiger charge is -2.11. The minimum atomic E-state index is -0.864. The van der Waals surface area contributed by atoms with Gasteiger partial charge in [-0.15, -0.1) is 11.3 Å². The summed E-state index contributed by atoms with van der Waals surface area (Å²) in [5.74, 6) is -0.864. The third-order valence-electron chi connectivity index (χ3n) is 6.73. The van der Waals surface area contributed by atoms with Crippen molar-refractivity contribution in [2.24, 2.45) is 0 Å². The van der Waals surface area contributed by atoms with Crippen molar-refractivity contribution < 1.29 is 9.90 Å². The lowest BCUT2D eigenvalue weighted by molar-refractivity contribution is -0.136. The van der Waals surface area contributed by atoms with Crippen LogP contribution in [0.15, 0.2) is 91.1 Å². The highest BCUT2D eigenvalue weighted by atomic mass is 35.5. The number of thiophene rings is 1. The van der Waals surface area contributed by atoms with Gasteiger partial charge in [0.2, 0.25) is 0 Å². The van der Waals surface area contributed by atoms with Gasteiger partial charge in [-0.05, 0) is 75.7 Å². The molecule has 0 atom stereocenters. The van der Waals surface area contributed by atoms with Crippen LogP contribution in [0.2, 0.25) is 5.02 Å². The van der Waals surface area contributed by atoms with Gasteiger partial charge < -0.3 is 21.1 Å². The first-order chi connectivity index (χ1) is 18.4. The van der Waals surface area contributed by atoms with Crippen LogP contribution >= 0.6 is 22.9 Å². The number of nitrogens with zero attached hydrogens (tertiary/aromatic N) is 1. The number of hydrogen-bond donors (Lipinski definition) is 3. The molecule has 0 aliphatic rings. The maximum absolute atomic E-state index is 11.7. The van der Waals surface area contributed by atoms with Gasteiger partial charge in [0.25, 0.3) is 0 Å². The van der Waals surface area contributed by atoms with Gasteiger partial charge in [0.15, 0.2) is 0 Å². The van der Waals surface area contributed by atoms with Crippen LogP contribution in [0.5, 0.6) is 0 Å². The van der Waals surface area contributed by atoms with Gasteiger partial charge in [0, 0.05) is 49.6 Å². The molecule has 0 aliphatic heterocycles. The molecule has 0 bridgehead atoms. The number of aliphatic carboxylic acids is 1. The lowest BCUT2D eigenvalue weighted by atomic mass is 10.0. The first-order valence-corrected chi connectivity index (χ1v) is 13.3. The molecule has 5 N–H and O–H groups in total.